The van der Waals surface area contributed by atoms with Crippen molar-refractivity contribution in [1.82, 2.24) is 5.32 Å². The van der Waals surface area contributed by atoms with E-state index >= 15 is 0 Å². The lowest BCUT2D eigenvalue weighted by Crippen LogP contribution is -2.30. The molecule has 0 aromatic heterocycles. The Morgan fingerprint density at radius 3 is 2.60 bits per heavy atom. The minimum Gasteiger partial charge on any atom is -0.448 e. The standard InChI is InChI=1S/C10H9F2N3O5/c11-5-1-2-6(15(18)19)8(12)7(5)9(16)14-3-4-20-10(13)17/h1-2H,3-4H2,(H2,13,17)(H,14,16). The van der Waals surface area contributed by atoms with Crippen LogP contribution in [0.5, 0.6) is 0 Å². The Morgan fingerprint density at radius 1 is 1.40 bits per heavy atom. The minimum absolute atomic E-state index is 0.261. The van der Waals surface area contributed by atoms with Gasteiger partial charge in [0, 0.05) is 6.07 Å². The van der Waals surface area contributed by atoms with Crippen molar-refractivity contribution < 1.29 is 28.0 Å². The highest BCUT2D eigenvalue weighted by molar-refractivity contribution is 5.95. The minimum atomic E-state index is -1.58. The summed E-state index contributed by atoms with van der Waals surface area (Å²) in [7, 11) is 0. The number of hydrogen-bond acceptors (Lipinski definition) is 5. The molecule has 0 aliphatic heterocycles. The summed E-state index contributed by atoms with van der Waals surface area (Å²) in [6.45, 7) is -0.567. The molecule has 3 N–H and O–H groups in total. The van der Waals surface area contributed by atoms with Crippen LogP contribution in [0.3, 0.4) is 0 Å². The lowest BCUT2D eigenvalue weighted by atomic mass is 10.1. The molecule has 0 atom stereocenters. The summed E-state index contributed by atoms with van der Waals surface area (Å²) in [5, 5.41) is 12.5. The molecular formula is C10H9F2N3O5. The number of nitrogens with one attached hydrogen (secondary N) is 1. The molecule has 1 rings (SSSR count). The Kier molecular flexibility index (Phi) is 4.89. The van der Waals surface area contributed by atoms with Gasteiger partial charge in [-0.3, -0.25) is 14.9 Å². The molecule has 0 radical (unpaired) electrons. The second-order valence-corrected chi connectivity index (χ2v) is 3.44. The summed E-state index contributed by atoms with van der Waals surface area (Å²) in [6, 6.07) is 1.22. The van der Waals surface area contributed by atoms with Crippen LogP contribution in [0.15, 0.2) is 12.1 Å². The maximum Gasteiger partial charge on any atom is 0.404 e. The number of primary amides is 1. The van der Waals surface area contributed by atoms with E-state index in [1.54, 1.807) is 0 Å². The normalized spacial score (nSPS) is 9.90. The predicted octanol–water partition coefficient (Wildman–Crippen LogP) is 0.698. The highest BCUT2D eigenvalue weighted by Gasteiger charge is 2.25. The van der Waals surface area contributed by atoms with Crippen molar-refractivity contribution in [3.8, 4) is 0 Å². The van der Waals surface area contributed by atoms with Gasteiger partial charge in [0.2, 0.25) is 5.82 Å². The number of halogens is 2. The molecule has 8 nitrogen and oxygen atoms in total. The van der Waals surface area contributed by atoms with Gasteiger partial charge in [0.15, 0.2) is 0 Å². The Morgan fingerprint density at radius 2 is 2.05 bits per heavy atom. The topological polar surface area (TPSA) is 125 Å². The van der Waals surface area contributed by atoms with Crippen molar-refractivity contribution in [2.24, 2.45) is 5.73 Å². The molecule has 0 aliphatic rings. The molecule has 0 saturated carbocycles. The van der Waals surface area contributed by atoms with Crippen molar-refractivity contribution >= 4 is 17.7 Å². The largest absolute Gasteiger partial charge is 0.448 e. The number of benzene rings is 1. The number of nitrogens with two attached hydrogens (primary N) is 1. The van der Waals surface area contributed by atoms with Crippen molar-refractivity contribution in [3.63, 3.8) is 0 Å². The molecule has 0 unspecified atom stereocenters. The van der Waals surface area contributed by atoms with Crippen molar-refractivity contribution in [2.45, 2.75) is 0 Å². The van der Waals surface area contributed by atoms with E-state index in [2.05, 4.69) is 10.5 Å². The molecule has 108 valence electrons. The zero-order valence-electron chi connectivity index (χ0n) is 9.89. The van der Waals surface area contributed by atoms with Gasteiger partial charge in [0.05, 0.1) is 11.5 Å². The van der Waals surface area contributed by atoms with E-state index in [-0.39, 0.29) is 13.2 Å². The molecule has 1 aromatic rings. The number of nitro groups is 1. The third-order valence-electron chi connectivity index (χ3n) is 2.13. The van der Waals surface area contributed by atoms with Crippen LogP contribution in [0.4, 0.5) is 19.3 Å². The Hall–Kier alpha value is -2.78. The number of hydrogen-bond donors (Lipinski definition) is 2. The summed E-state index contributed by atoms with van der Waals surface area (Å²) in [5.74, 6) is -4.04. The molecule has 0 fully saturated rings. The van der Waals surface area contributed by atoms with Crippen molar-refractivity contribution in [3.05, 3.63) is 39.4 Å². The third-order valence-corrected chi connectivity index (χ3v) is 2.13. The van der Waals surface area contributed by atoms with Gasteiger partial charge in [0.1, 0.15) is 18.0 Å². The molecular weight excluding hydrogens is 280 g/mol. The smallest absolute Gasteiger partial charge is 0.404 e. The number of nitrogens with zero attached hydrogens (tertiary/aromatic N) is 1. The van der Waals surface area contributed by atoms with Crippen LogP contribution in [-0.2, 0) is 4.74 Å². The maximum absolute atomic E-state index is 13.6. The van der Waals surface area contributed by atoms with Gasteiger partial charge in [-0.25, -0.2) is 9.18 Å². The molecule has 0 saturated heterocycles. The number of nitro benzene ring substituents is 1. The average Bonchev–Trinajstić information content (AvgIpc) is 2.34. The van der Waals surface area contributed by atoms with Crippen molar-refractivity contribution in [1.29, 1.82) is 0 Å². The summed E-state index contributed by atoms with van der Waals surface area (Å²) < 4.78 is 31.3. The van der Waals surface area contributed by atoms with Gasteiger partial charge in [-0.2, -0.15) is 4.39 Å². The zero-order chi connectivity index (χ0) is 15.3. The van der Waals surface area contributed by atoms with Crippen LogP contribution in [0.2, 0.25) is 0 Å². The second kappa shape index (κ2) is 6.41. The van der Waals surface area contributed by atoms with Crippen LogP contribution in [0.25, 0.3) is 0 Å². The first-order chi connectivity index (χ1) is 9.34. The quantitative estimate of drug-likeness (QED) is 0.469. The lowest BCUT2D eigenvalue weighted by Gasteiger charge is -2.07. The first-order valence-corrected chi connectivity index (χ1v) is 5.17. The number of carbonyl (C=O) groups is 2. The Bertz CT molecular complexity index is 564. The molecule has 10 heteroatoms. The van der Waals surface area contributed by atoms with E-state index in [1.165, 1.54) is 0 Å². The number of ether oxygens (including phenoxy) is 1. The second-order valence-electron chi connectivity index (χ2n) is 3.44. The van der Waals surface area contributed by atoms with Gasteiger partial charge in [-0.1, -0.05) is 0 Å². The van der Waals surface area contributed by atoms with Crippen LogP contribution >= 0.6 is 0 Å². The number of rotatable bonds is 5. The summed E-state index contributed by atoms with van der Waals surface area (Å²) >= 11 is 0. The monoisotopic (exact) mass is 289 g/mol. The lowest BCUT2D eigenvalue weighted by molar-refractivity contribution is -0.387. The summed E-state index contributed by atoms with van der Waals surface area (Å²) in [4.78, 5) is 31.2. The van der Waals surface area contributed by atoms with Crippen LogP contribution < -0.4 is 11.1 Å². The fraction of sp³-hybridized carbons (Fsp3) is 0.200. The Balaban J connectivity index is 2.84. The SMILES string of the molecule is NC(=O)OCCNC(=O)c1c(F)ccc([N+](=O)[O-])c1F. The third kappa shape index (κ3) is 3.60. The van der Waals surface area contributed by atoms with Gasteiger partial charge in [-0.05, 0) is 6.07 Å². The fourth-order valence-electron chi connectivity index (χ4n) is 1.30. The fourth-order valence-corrected chi connectivity index (χ4v) is 1.30. The van der Waals surface area contributed by atoms with Crippen LogP contribution in [0.1, 0.15) is 10.4 Å². The van der Waals surface area contributed by atoms with Crippen LogP contribution in [-0.4, -0.2) is 30.1 Å². The summed E-state index contributed by atoms with van der Waals surface area (Å²) in [6.07, 6.45) is -1.08. The highest BCUT2D eigenvalue weighted by Crippen LogP contribution is 2.22. The van der Waals surface area contributed by atoms with E-state index in [4.69, 9.17) is 0 Å². The molecule has 0 heterocycles. The van der Waals surface area contributed by atoms with Crippen LogP contribution in [0, 0.1) is 21.7 Å². The predicted molar refractivity (Wildman–Crippen MR) is 60.9 cm³/mol. The highest BCUT2D eigenvalue weighted by atomic mass is 19.1. The first kappa shape index (κ1) is 15.3. The van der Waals surface area contributed by atoms with E-state index in [0.29, 0.717) is 12.1 Å². The van der Waals surface area contributed by atoms with Gasteiger partial charge in [0.25, 0.3) is 5.91 Å². The van der Waals surface area contributed by atoms with Gasteiger partial charge in [-0.15, -0.1) is 0 Å². The van der Waals surface area contributed by atoms with E-state index in [9.17, 15) is 28.5 Å². The molecule has 20 heavy (non-hydrogen) atoms. The average molecular weight is 289 g/mol. The first-order valence-electron chi connectivity index (χ1n) is 5.17. The van der Waals surface area contributed by atoms with E-state index < -0.39 is 39.8 Å². The number of amides is 2. The van der Waals surface area contributed by atoms with E-state index in [0.717, 1.165) is 0 Å². The van der Waals surface area contributed by atoms with Gasteiger partial charge < -0.3 is 15.8 Å². The van der Waals surface area contributed by atoms with Gasteiger partial charge >= 0.3 is 11.8 Å². The number of carbonyl (C=O) groups excluding carboxylic acids is 2. The van der Waals surface area contributed by atoms with Crippen molar-refractivity contribution in [2.75, 3.05) is 13.2 Å². The molecule has 0 spiro atoms. The van der Waals surface area contributed by atoms with E-state index in [1.807, 2.05) is 5.32 Å². The molecule has 2 amide bonds. The maximum atomic E-state index is 13.6. The molecule has 0 bridgehead atoms. The molecule has 1 aromatic carbocycles. The Labute approximate surface area is 110 Å². The summed E-state index contributed by atoms with van der Waals surface area (Å²) in [5.41, 5.74) is 2.54. The molecule has 0 aliphatic carbocycles. The zero-order valence-corrected chi connectivity index (χ0v) is 9.89.